The summed E-state index contributed by atoms with van der Waals surface area (Å²) in [6, 6.07) is 10.6. The molecule has 40 heavy (non-hydrogen) atoms. The van der Waals surface area contributed by atoms with E-state index in [4.69, 9.17) is 15.7 Å². The molecule has 2 atom stereocenters. The van der Waals surface area contributed by atoms with Gasteiger partial charge in [0.1, 0.15) is 5.82 Å². The highest BCUT2D eigenvalue weighted by atomic mass is 35.5. The summed E-state index contributed by atoms with van der Waals surface area (Å²) in [6.45, 7) is 2.40. The van der Waals surface area contributed by atoms with E-state index < -0.39 is 30.4 Å². The molecule has 2 unspecified atom stereocenters. The zero-order valence-electron chi connectivity index (χ0n) is 25.3. The lowest BCUT2D eigenvalue weighted by atomic mass is 9.82. The van der Waals surface area contributed by atoms with Crippen LogP contribution < -0.4 is 15.1 Å². The monoisotopic (exact) mass is 568 g/mol. The molecule has 0 bridgehead atoms. The summed E-state index contributed by atoms with van der Waals surface area (Å²) in [5.74, 6) is -1.04. The smallest absolute Gasteiger partial charge is 0.262 e. The van der Waals surface area contributed by atoms with Gasteiger partial charge in [-0.05, 0) is 69.2 Å². The minimum atomic E-state index is -2.94. The highest BCUT2D eigenvalue weighted by molar-refractivity contribution is 6.34. The van der Waals surface area contributed by atoms with Crippen molar-refractivity contribution in [1.29, 1.82) is 0 Å². The molecule has 0 spiro atoms. The van der Waals surface area contributed by atoms with Gasteiger partial charge in [-0.1, -0.05) is 23.7 Å². The molecule has 2 aliphatic carbocycles. The second-order valence-corrected chi connectivity index (χ2v) is 11.8. The van der Waals surface area contributed by atoms with E-state index in [2.05, 4.69) is 15.3 Å². The summed E-state index contributed by atoms with van der Waals surface area (Å²) in [5, 5.41) is 16.9. The van der Waals surface area contributed by atoms with Crippen LogP contribution in [0.25, 0.3) is 11.3 Å². The molecule has 2 N–H and O–H groups in total. The SMILES string of the molecule is [2H]C([2H])([2H])N(C(=O)c1c(F)cccc1Cl)c1ccc(-c2cc(NC(=O)C3CC(O)C3)nn2C(C)C)cc1N1CC2CC2C1. The van der Waals surface area contributed by atoms with Gasteiger partial charge in [0, 0.05) is 47.8 Å². The van der Waals surface area contributed by atoms with E-state index in [0.717, 1.165) is 12.5 Å². The summed E-state index contributed by atoms with van der Waals surface area (Å²) < 4.78 is 41.5. The lowest BCUT2D eigenvalue weighted by Crippen LogP contribution is -2.37. The van der Waals surface area contributed by atoms with Crippen molar-refractivity contribution in [1.82, 2.24) is 9.78 Å². The number of nitrogens with zero attached hydrogens (tertiary/aromatic N) is 4. The fourth-order valence-corrected chi connectivity index (χ4v) is 5.98. The Kier molecular flexibility index (Phi) is 5.94. The van der Waals surface area contributed by atoms with Crippen LogP contribution in [0.2, 0.25) is 5.02 Å². The molecule has 10 heteroatoms. The van der Waals surface area contributed by atoms with Gasteiger partial charge in [0.2, 0.25) is 5.91 Å². The average molecular weight is 569 g/mol. The molecular weight excluding hydrogens is 533 g/mol. The van der Waals surface area contributed by atoms with Crippen molar-refractivity contribution in [3.63, 3.8) is 0 Å². The van der Waals surface area contributed by atoms with Crippen molar-refractivity contribution in [2.45, 2.75) is 45.3 Å². The van der Waals surface area contributed by atoms with Gasteiger partial charge in [-0.3, -0.25) is 14.3 Å². The first-order valence-electron chi connectivity index (χ1n) is 15.1. The number of carbonyl (C=O) groups is 2. The number of aliphatic hydroxyl groups is 1. The van der Waals surface area contributed by atoms with Crippen molar-refractivity contribution in [3.8, 4) is 11.3 Å². The zero-order valence-corrected chi connectivity index (χ0v) is 23.0. The van der Waals surface area contributed by atoms with Crippen molar-refractivity contribution >= 4 is 40.6 Å². The summed E-state index contributed by atoms with van der Waals surface area (Å²) in [7, 11) is 0. The number of nitrogens with one attached hydrogen (secondary N) is 1. The molecule has 3 aliphatic rings. The molecule has 2 heterocycles. The standard InChI is InChI=1S/C30H33ClFN5O3/c1-16(2)37-25(13-27(34-37)33-29(39)18-10-21(38)11-18)17-7-8-24(26(12-17)36-14-19-9-20(19)15-36)35(3)30(40)28-22(31)5-4-6-23(28)32/h4-8,12-13,16,18-21,38H,9-11,14-15H2,1-3H3,(H,33,34,39)/i3D3. The molecule has 2 aromatic carbocycles. The lowest BCUT2D eigenvalue weighted by Gasteiger charge is -2.29. The number of halogens is 2. The Hall–Kier alpha value is -3.43. The molecule has 0 radical (unpaired) electrons. The Morgan fingerprint density at radius 1 is 1.18 bits per heavy atom. The highest BCUT2D eigenvalue weighted by Crippen LogP contribution is 2.48. The average Bonchev–Trinajstić information content (AvgIpc) is 3.30. The van der Waals surface area contributed by atoms with E-state index in [1.165, 1.54) is 12.1 Å². The number of fused-ring (bicyclic) bond motifs is 1. The lowest BCUT2D eigenvalue weighted by molar-refractivity contribution is -0.126. The quantitative estimate of drug-likeness (QED) is 0.400. The Morgan fingerprint density at radius 3 is 2.58 bits per heavy atom. The van der Waals surface area contributed by atoms with Crippen LogP contribution in [0.4, 0.5) is 21.6 Å². The highest BCUT2D eigenvalue weighted by Gasteiger charge is 2.46. The van der Waals surface area contributed by atoms with Crippen LogP contribution in [0, 0.1) is 23.6 Å². The van der Waals surface area contributed by atoms with E-state index in [1.807, 2.05) is 19.9 Å². The molecule has 210 valence electrons. The Balaban J connectivity index is 1.42. The van der Waals surface area contributed by atoms with Crippen LogP contribution in [0.15, 0.2) is 42.5 Å². The number of carbonyl (C=O) groups excluding carboxylic acids is 2. The summed E-state index contributed by atoms with van der Waals surface area (Å²) >= 11 is 6.19. The third-order valence-electron chi connectivity index (χ3n) is 8.17. The molecule has 2 amide bonds. The molecule has 1 aliphatic heterocycles. The fourth-order valence-electron chi connectivity index (χ4n) is 5.74. The van der Waals surface area contributed by atoms with Crippen LogP contribution in [-0.2, 0) is 4.79 Å². The molecule has 8 nitrogen and oxygen atoms in total. The Labute approximate surface area is 241 Å². The van der Waals surface area contributed by atoms with E-state index >= 15 is 0 Å². The molecule has 1 aromatic heterocycles. The van der Waals surface area contributed by atoms with Crippen LogP contribution in [0.5, 0.6) is 0 Å². The minimum Gasteiger partial charge on any atom is -0.393 e. The molecular formula is C30H33ClFN5O3. The first-order chi connectivity index (χ1) is 20.3. The Morgan fingerprint density at radius 2 is 1.93 bits per heavy atom. The van der Waals surface area contributed by atoms with Crippen molar-refractivity contribution in [3.05, 3.63) is 58.9 Å². The maximum absolute atomic E-state index is 14.8. The number of anilines is 3. The molecule has 2 saturated carbocycles. The maximum Gasteiger partial charge on any atom is 0.262 e. The third kappa shape index (κ3) is 4.86. The predicted octanol–water partition coefficient (Wildman–Crippen LogP) is 5.37. The maximum atomic E-state index is 14.8. The second-order valence-electron chi connectivity index (χ2n) is 11.4. The first-order valence-corrected chi connectivity index (χ1v) is 14.0. The molecule has 3 aromatic rings. The van der Waals surface area contributed by atoms with Gasteiger partial charge in [0.25, 0.3) is 5.91 Å². The second kappa shape index (κ2) is 10.2. The van der Waals surface area contributed by atoms with Gasteiger partial charge in [0.05, 0.1) is 33.8 Å². The van der Waals surface area contributed by atoms with Crippen LogP contribution in [-0.4, -0.2) is 52.9 Å². The summed E-state index contributed by atoms with van der Waals surface area (Å²) in [5.41, 5.74) is 1.56. The van der Waals surface area contributed by atoms with Crippen molar-refractivity contribution < 1.29 is 23.2 Å². The number of benzene rings is 2. The number of piperidine rings is 1. The van der Waals surface area contributed by atoms with Gasteiger partial charge in [-0.25, -0.2) is 4.39 Å². The summed E-state index contributed by atoms with van der Waals surface area (Å²) in [4.78, 5) is 29.1. The van der Waals surface area contributed by atoms with Crippen molar-refractivity contribution in [2.24, 2.45) is 17.8 Å². The van der Waals surface area contributed by atoms with Gasteiger partial charge in [0.15, 0.2) is 5.82 Å². The Bertz CT molecular complexity index is 1560. The third-order valence-corrected chi connectivity index (χ3v) is 8.49. The molecule has 1 saturated heterocycles. The van der Waals surface area contributed by atoms with Crippen molar-refractivity contribution in [2.75, 3.05) is 35.2 Å². The van der Waals surface area contributed by atoms with Gasteiger partial charge in [-0.2, -0.15) is 5.10 Å². The number of hydrogen-bond donors (Lipinski definition) is 2. The number of rotatable bonds is 7. The largest absolute Gasteiger partial charge is 0.393 e. The van der Waals surface area contributed by atoms with Crippen LogP contribution in [0.3, 0.4) is 0 Å². The molecule has 6 rings (SSSR count). The van der Waals surface area contributed by atoms with E-state index in [9.17, 15) is 19.1 Å². The minimum absolute atomic E-state index is 0.0719. The van der Waals surface area contributed by atoms with E-state index in [0.29, 0.717) is 65.4 Å². The van der Waals surface area contributed by atoms with Crippen LogP contribution >= 0.6 is 11.6 Å². The number of amides is 2. The van der Waals surface area contributed by atoms with Gasteiger partial charge < -0.3 is 20.2 Å². The zero-order chi connectivity index (χ0) is 30.8. The summed E-state index contributed by atoms with van der Waals surface area (Å²) in [6.07, 6.45) is 1.50. The number of aliphatic hydroxyl groups excluding tert-OH is 1. The first kappa shape index (κ1) is 23.3. The van der Waals surface area contributed by atoms with Crippen LogP contribution in [0.1, 0.15) is 53.6 Å². The number of aromatic nitrogens is 2. The van der Waals surface area contributed by atoms with E-state index in [1.54, 1.807) is 22.9 Å². The predicted molar refractivity (Wildman–Crippen MR) is 153 cm³/mol. The fraction of sp³-hybridized carbons (Fsp3) is 0.433. The van der Waals surface area contributed by atoms with Gasteiger partial charge >= 0.3 is 0 Å². The normalized spacial score (nSPS) is 24.6. The topological polar surface area (TPSA) is 90.7 Å². The number of hydrogen-bond acceptors (Lipinski definition) is 5. The molecule has 3 fully saturated rings. The van der Waals surface area contributed by atoms with E-state index in [-0.39, 0.29) is 28.6 Å². The van der Waals surface area contributed by atoms with Gasteiger partial charge in [-0.15, -0.1) is 0 Å².